The maximum Gasteiger partial charge on any atom is 0.289 e. The molecular weight excluding hydrogens is 471 g/mol. The Morgan fingerprint density at radius 1 is 0.892 bits per heavy atom. The maximum atomic E-state index is 14.2. The summed E-state index contributed by atoms with van der Waals surface area (Å²) in [5.41, 5.74) is 0.657. The molecule has 3 heterocycles. The number of piperidine rings is 1. The first-order chi connectivity index (χ1) is 18.0. The number of carbonyl (C=O) groups is 2. The third kappa shape index (κ3) is 5.71. The van der Waals surface area contributed by atoms with Gasteiger partial charge in [-0.25, -0.2) is 4.39 Å². The Bertz CT molecular complexity index is 1260. The van der Waals surface area contributed by atoms with E-state index in [4.69, 9.17) is 9.15 Å². The minimum absolute atomic E-state index is 0.154. The van der Waals surface area contributed by atoms with Gasteiger partial charge < -0.3 is 19.4 Å². The van der Waals surface area contributed by atoms with Gasteiger partial charge in [-0.2, -0.15) is 0 Å². The Morgan fingerprint density at radius 3 is 2.51 bits per heavy atom. The van der Waals surface area contributed by atoms with Gasteiger partial charge in [0.25, 0.3) is 11.8 Å². The molecule has 2 aliphatic heterocycles. The molecule has 2 aromatic carbocycles. The molecule has 2 amide bonds. The number of furan rings is 1. The molecule has 2 aliphatic rings. The Morgan fingerprint density at radius 2 is 1.65 bits per heavy atom. The van der Waals surface area contributed by atoms with Gasteiger partial charge in [-0.05, 0) is 62.1 Å². The van der Waals surface area contributed by atoms with Crippen LogP contribution in [0.1, 0.15) is 65.9 Å². The molecule has 1 atom stereocenters. The molecule has 0 bridgehead atoms. The smallest absolute Gasteiger partial charge is 0.289 e. The van der Waals surface area contributed by atoms with Crippen LogP contribution in [0.4, 0.5) is 4.39 Å². The lowest BCUT2D eigenvalue weighted by molar-refractivity contribution is 0.0445. The van der Waals surface area contributed by atoms with Crippen molar-refractivity contribution < 1.29 is 23.1 Å². The van der Waals surface area contributed by atoms with Crippen LogP contribution < -0.4 is 10.1 Å². The van der Waals surface area contributed by atoms with E-state index in [1.807, 2.05) is 23.1 Å². The molecule has 1 saturated heterocycles. The summed E-state index contributed by atoms with van der Waals surface area (Å²) in [6.07, 6.45) is 6.83. The lowest BCUT2D eigenvalue weighted by Crippen LogP contribution is -2.51. The van der Waals surface area contributed by atoms with E-state index in [0.29, 0.717) is 48.9 Å². The number of halogens is 1. The summed E-state index contributed by atoms with van der Waals surface area (Å²) in [4.78, 5) is 28.4. The number of nitrogens with zero attached hydrogens (tertiary/aromatic N) is 1. The first kappa shape index (κ1) is 25.1. The van der Waals surface area contributed by atoms with Gasteiger partial charge >= 0.3 is 0 Å². The lowest BCUT2D eigenvalue weighted by atomic mass is 9.75. The zero-order valence-corrected chi connectivity index (χ0v) is 21.0. The number of benzene rings is 2. The molecule has 1 fully saturated rings. The number of carbonyl (C=O) groups excluding carboxylic acids is 2. The normalized spacial score (nSPS) is 21.1. The van der Waals surface area contributed by atoms with Gasteiger partial charge in [0.1, 0.15) is 17.3 Å². The Hall–Kier alpha value is -3.61. The Kier molecular flexibility index (Phi) is 7.58. The number of likely N-dealkylation sites (tertiary alicyclic amines) is 1. The summed E-state index contributed by atoms with van der Waals surface area (Å²) in [5.74, 6) is 0.406. The van der Waals surface area contributed by atoms with Crippen LogP contribution >= 0.6 is 0 Å². The fourth-order valence-corrected chi connectivity index (χ4v) is 5.51. The van der Waals surface area contributed by atoms with Crippen molar-refractivity contribution in [3.8, 4) is 17.1 Å². The minimum Gasteiger partial charge on any atom is -0.493 e. The number of hydrogen-bond acceptors (Lipinski definition) is 4. The summed E-state index contributed by atoms with van der Waals surface area (Å²) in [7, 11) is 0. The highest BCUT2D eigenvalue weighted by Gasteiger charge is 2.38. The van der Waals surface area contributed by atoms with Crippen LogP contribution in [0.5, 0.6) is 5.75 Å². The van der Waals surface area contributed by atoms with Crippen molar-refractivity contribution >= 4 is 11.8 Å². The van der Waals surface area contributed by atoms with Gasteiger partial charge in [-0.15, -0.1) is 0 Å². The number of fused-ring (bicyclic) bond motifs is 1. The average Bonchev–Trinajstić information content (AvgIpc) is 3.41. The van der Waals surface area contributed by atoms with Crippen molar-refractivity contribution in [2.24, 2.45) is 5.41 Å². The van der Waals surface area contributed by atoms with Crippen molar-refractivity contribution in [2.75, 3.05) is 26.2 Å². The van der Waals surface area contributed by atoms with E-state index in [1.54, 1.807) is 36.4 Å². The number of amides is 2. The van der Waals surface area contributed by atoms with Crippen LogP contribution in [0.25, 0.3) is 11.3 Å². The first-order valence-corrected chi connectivity index (χ1v) is 13.2. The molecule has 1 N–H and O–H groups in total. The molecule has 0 aliphatic carbocycles. The second-order valence-corrected chi connectivity index (χ2v) is 10.2. The van der Waals surface area contributed by atoms with E-state index in [1.165, 1.54) is 6.07 Å². The molecule has 0 saturated carbocycles. The molecule has 1 aromatic heterocycles. The molecule has 3 aromatic rings. The van der Waals surface area contributed by atoms with Crippen LogP contribution in [-0.2, 0) is 0 Å². The fraction of sp³-hybridized carbons (Fsp3) is 0.400. The van der Waals surface area contributed by atoms with Crippen LogP contribution in [0.15, 0.2) is 65.1 Å². The van der Waals surface area contributed by atoms with E-state index in [-0.39, 0.29) is 28.8 Å². The molecular formula is C30H33FN2O4. The molecule has 37 heavy (non-hydrogen) atoms. The van der Waals surface area contributed by atoms with E-state index in [9.17, 15) is 14.0 Å². The van der Waals surface area contributed by atoms with E-state index >= 15 is 0 Å². The van der Waals surface area contributed by atoms with E-state index < -0.39 is 0 Å². The second-order valence-electron chi connectivity index (χ2n) is 10.2. The number of para-hydroxylation sites is 1. The number of rotatable bonds is 2. The SMILES string of the molecule is O=C1NCC2(CCCCCCOc3ccccc31)CCCN(C(=O)c1ccc(-c3ccccc3F)o1)C2. The topological polar surface area (TPSA) is 71.8 Å². The highest BCUT2D eigenvalue weighted by molar-refractivity contribution is 5.97. The average molecular weight is 505 g/mol. The zero-order valence-electron chi connectivity index (χ0n) is 21.0. The summed E-state index contributed by atoms with van der Waals surface area (Å²) < 4.78 is 25.9. The standard InChI is InChI=1S/C30H33FN2O4/c31-24-12-5-3-10-22(24)26-14-15-27(37-26)29(35)33-18-9-17-30(21-33)16-7-1-2-8-19-36-25-13-6-4-11-23(25)28(34)32-20-30/h3-6,10-15H,1-2,7-9,16-21H2,(H,32,34). The third-order valence-corrected chi connectivity index (χ3v) is 7.52. The van der Waals surface area contributed by atoms with Crippen molar-refractivity contribution in [1.82, 2.24) is 10.2 Å². The van der Waals surface area contributed by atoms with E-state index in [0.717, 1.165) is 44.9 Å². The summed E-state index contributed by atoms with van der Waals surface area (Å²) in [6.45, 7) is 2.25. The van der Waals surface area contributed by atoms with Crippen molar-refractivity contribution in [3.05, 3.63) is 77.8 Å². The summed E-state index contributed by atoms with van der Waals surface area (Å²) in [5, 5.41) is 3.15. The largest absolute Gasteiger partial charge is 0.493 e. The van der Waals surface area contributed by atoms with Gasteiger partial charge in [0, 0.05) is 25.0 Å². The fourth-order valence-electron chi connectivity index (χ4n) is 5.51. The van der Waals surface area contributed by atoms with Crippen LogP contribution in [-0.4, -0.2) is 43.0 Å². The zero-order chi connectivity index (χ0) is 25.7. The highest BCUT2D eigenvalue weighted by atomic mass is 19.1. The van der Waals surface area contributed by atoms with Crippen molar-refractivity contribution in [1.29, 1.82) is 0 Å². The molecule has 194 valence electrons. The summed E-state index contributed by atoms with van der Waals surface area (Å²) >= 11 is 0. The lowest BCUT2D eigenvalue weighted by Gasteiger charge is -2.43. The molecule has 0 radical (unpaired) electrons. The van der Waals surface area contributed by atoms with Gasteiger partial charge in [0.05, 0.1) is 17.7 Å². The highest BCUT2D eigenvalue weighted by Crippen LogP contribution is 2.36. The van der Waals surface area contributed by atoms with Crippen molar-refractivity contribution in [3.63, 3.8) is 0 Å². The molecule has 5 rings (SSSR count). The van der Waals surface area contributed by atoms with Gasteiger partial charge in [-0.3, -0.25) is 9.59 Å². The van der Waals surface area contributed by atoms with Gasteiger partial charge in [0.2, 0.25) is 0 Å². The Labute approximate surface area is 216 Å². The van der Waals surface area contributed by atoms with Crippen LogP contribution in [0, 0.1) is 11.2 Å². The van der Waals surface area contributed by atoms with Gasteiger partial charge in [0.15, 0.2) is 5.76 Å². The van der Waals surface area contributed by atoms with E-state index in [2.05, 4.69) is 5.32 Å². The maximum absolute atomic E-state index is 14.2. The van der Waals surface area contributed by atoms with Crippen LogP contribution in [0.2, 0.25) is 0 Å². The first-order valence-electron chi connectivity index (χ1n) is 13.2. The quantitative estimate of drug-likeness (QED) is 0.459. The predicted molar refractivity (Wildman–Crippen MR) is 139 cm³/mol. The predicted octanol–water partition coefficient (Wildman–Crippen LogP) is 6.08. The van der Waals surface area contributed by atoms with Crippen molar-refractivity contribution in [2.45, 2.75) is 44.9 Å². The molecule has 6 nitrogen and oxygen atoms in total. The molecule has 1 unspecified atom stereocenters. The summed E-state index contributed by atoms with van der Waals surface area (Å²) in [6, 6.07) is 17.0. The monoisotopic (exact) mass is 504 g/mol. The Balaban J connectivity index is 1.33. The minimum atomic E-state index is -0.389. The van der Waals surface area contributed by atoms with Crippen LogP contribution in [0.3, 0.4) is 0 Å². The molecule has 1 spiro atoms. The molecule has 7 heteroatoms. The number of nitrogens with one attached hydrogen (secondary N) is 1. The number of hydrogen-bond donors (Lipinski definition) is 1. The number of ether oxygens (including phenoxy) is 1. The third-order valence-electron chi connectivity index (χ3n) is 7.52. The van der Waals surface area contributed by atoms with Gasteiger partial charge in [-0.1, -0.05) is 43.5 Å². The second kappa shape index (κ2) is 11.2.